The first-order chi connectivity index (χ1) is 16.2. The highest BCUT2D eigenvalue weighted by atomic mass is 19.1. The minimum atomic E-state index is -0.539. The highest BCUT2D eigenvalue weighted by Crippen LogP contribution is 2.36. The molecule has 1 aromatic rings. The van der Waals surface area contributed by atoms with Gasteiger partial charge in [0.2, 0.25) is 0 Å². The van der Waals surface area contributed by atoms with Crippen LogP contribution in [0.5, 0.6) is 5.75 Å². The standard InChI is InChI=1S/C25H38FN3O5/c1-24(2,3)34-23(31)29-12-8-25(9-13-29)7-4-10-27-11-14-32-15-16-33-21-6-5-19(26)17-20(21)22(30)28-18-25/h5-6,17,27H,4,7-16,18H2,1-3H3,(H,28,30). The number of benzene rings is 1. The molecule has 2 aliphatic rings. The summed E-state index contributed by atoms with van der Waals surface area (Å²) in [5.41, 5.74) is -0.518. The molecule has 1 aromatic carbocycles. The molecule has 0 aromatic heterocycles. The molecule has 190 valence electrons. The number of piperidine rings is 1. The summed E-state index contributed by atoms with van der Waals surface area (Å²) in [5, 5.41) is 6.41. The van der Waals surface area contributed by atoms with Crippen LogP contribution in [0.25, 0.3) is 0 Å². The van der Waals surface area contributed by atoms with Crippen LogP contribution in [0.1, 0.15) is 56.8 Å². The molecule has 2 aliphatic heterocycles. The average molecular weight is 480 g/mol. The number of halogens is 1. The normalized spacial score (nSPS) is 20.7. The van der Waals surface area contributed by atoms with Gasteiger partial charge in [0, 0.05) is 26.2 Å². The van der Waals surface area contributed by atoms with Gasteiger partial charge in [-0.2, -0.15) is 0 Å². The Labute approximate surface area is 201 Å². The van der Waals surface area contributed by atoms with E-state index in [4.69, 9.17) is 14.2 Å². The van der Waals surface area contributed by atoms with Gasteiger partial charge in [-0.3, -0.25) is 4.79 Å². The first-order valence-electron chi connectivity index (χ1n) is 12.1. The summed E-state index contributed by atoms with van der Waals surface area (Å²) in [6.45, 7) is 9.98. The highest BCUT2D eigenvalue weighted by molar-refractivity contribution is 5.97. The van der Waals surface area contributed by atoms with Crippen LogP contribution < -0.4 is 15.4 Å². The third-order valence-corrected chi connectivity index (χ3v) is 6.26. The van der Waals surface area contributed by atoms with E-state index < -0.39 is 11.4 Å². The number of nitrogens with one attached hydrogen (secondary N) is 2. The molecule has 1 spiro atoms. The lowest BCUT2D eigenvalue weighted by molar-refractivity contribution is 0.00851. The molecular formula is C25H38FN3O5. The van der Waals surface area contributed by atoms with Crippen molar-refractivity contribution in [2.75, 3.05) is 52.5 Å². The Morgan fingerprint density at radius 2 is 1.88 bits per heavy atom. The number of carbonyl (C=O) groups excluding carboxylic acids is 2. The SMILES string of the molecule is CC(C)(C)OC(=O)N1CCC2(CCCNCCOCCOc3ccc(F)cc3C(=O)NC2)CC1. The molecule has 2 N–H and O–H groups in total. The summed E-state index contributed by atoms with van der Waals surface area (Å²) in [5.74, 6) is -0.522. The summed E-state index contributed by atoms with van der Waals surface area (Å²) >= 11 is 0. The van der Waals surface area contributed by atoms with Crippen molar-refractivity contribution in [3.63, 3.8) is 0 Å². The summed E-state index contributed by atoms with van der Waals surface area (Å²) < 4.78 is 30.7. The number of nitrogens with zero attached hydrogens (tertiary/aromatic N) is 1. The maximum absolute atomic E-state index is 13.9. The number of likely N-dealkylation sites (tertiary alicyclic amines) is 1. The van der Waals surface area contributed by atoms with Gasteiger partial charge in [0.25, 0.3) is 5.91 Å². The predicted octanol–water partition coefficient (Wildman–Crippen LogP) is 3.35. The van der Waals surface area contributed by atoms with E-state index in [0.29, 0.717) is 38.6 Å². The van der Waals surface area contributed by atoms with Crippen LogP contribution in [0.4, 0.5) is 9.18 Å². The molecule has 34 heavy (non-hydrogen) atoms. The largest absolute Gasteiger partial charge is 0.490 e. The molecular weight excluding hydrogens is 441 g/mol. The Morgan fingerprint density at radius 1 is 1.12 bits per heavy atom. The second kappa shape index (κ2) is 11.8. The summed E-state index contributed by atoms with van der Waals surface area (Å²) in [7, 11) is 0. The monoisotopic (exact) mass is 479 g/mol. The minimum absolute atomic E-state index is 0.155. The number of carbonyl (C=O) groups is 2. The van der Waals surface area contributed by atoms with Gasteiger partial charge < -0.3 is 29.7 Å². The summed E-state index contributed by atoms with van der Waals surface area (Å²) in [4.78, 5) is 27.3. The number of hydrogen-bond donors (Lipinski definition) is 2. The van der Waals surface area contributed by atoms with Crippen LogP contribution >= 0.6 is 0 Å². The van der Waals surface area contributed by atoms with Gasteiger partial charge in [-0.05, 0) is 76.6 Å². The van der Waals surface area contributed by atoms with E-state index in [1.807, 2.05) is 20.8 Å². The summed E-state index contributed by atoms with van der Waals surface area (Å²) in [6.07, 6.45) is 3.04. The zero-order valence-electron chi connectivity index (χ0n) is 20.6. The fourth-order valence-corrected chi connectivity index (χ4v) is 4.34. The average Bonchev–Trinajstić information content (AvgIpc) is 2.78. The molecule has 0 atom stereocenters. The molecule has 9 heteroatoms. The second-order valence-corrected chi connectivity index (χ2v) is 10.1. The maximum atomic E-state index is 13.9. The first-order valence-corrected chi connectivity index (χ1v) is 12.1. The Morgan fingerprint density at radius 3 is 2.62 bits per heavy atom. The minimum Gasteiger partial charge on any atom is -0.490 e. The van der Waals surface area contributed by atoms with Gasteiger partial charge >= 0.3 is 6.09 Å². The van der Waals surface area contributed by atoms with Crippen LogP contribution in [0, 0.1) is 11.2 Å². The lowest BCUT2D eigenvalue weighted by Crippen LogP contribution is -2.49. The first kappa shape index (κ1) is 26.2. The Balaban J connectivity index is 1.71. The Kier molecular flexibility index (Phi) is 9.13. The van der Waals surface area contributed by atoms with Gasteiger partial charge in [0.15, 0.2) is 0 Å². The number of rotatable bonds is 0. The van der Waals surface area contributed by atoms with E-state index in [1.165, 1.54) is 18.2 Å². The molecule has 1 fully saturated rings. The molecule has 0 unspecified atom stereocenters. The zero-order valence-corrected chi connectivity index (χ0v) is 20.6. The molecule has 0 bridgehead atoms. The topological polar surface area (TPSA) is 89.1 Å². The van der Waals surface area contributed by atoms with Crippen LogP contribution in [0.2, 0.25) is 0 Å². The van der Waals surface area contributed by atoms with Gasteiger partial charge in [-0.1, -0.05) is 0 Å². The quantitative estimate of drug-likeness (QED) is 0.593. The molecule has 3 rings (SSSR count). The lowest BCUT2D eigenvalue weighted by Gasteiger charge is -2.42. The smallest absolute Gasteiger partial charge is 0.410 e. The van der Waals surface area contributed by atoms with E-state index in [9.17, 15) is 14.0 Å². The molecule has 0 aliphatic carbocycles. The van der Waals surface area contributed by atoms with Crippen molar-refractivity contribution in [3.8, 4) is 5.75 Å². The van der Waals surface area contributed by atoms with E-state index in [-0.39, 0.29) is 29.6 Å². The van der Waals surface area contributed by atoms with Crippen molar-refractivity contribution in [1.82, 2.24) is 15.5 Å². The summed E-state index contributed by atoms with van der Waals surface area (Å²) in [6, 6.07) is 3.96. The van der Waals surface area contributed by atoms with E-state index >= 15 is 0 Å². The lowest BCUT2D eigenvalue weighted by atomic mass is 9.74. The fraction of sp³-hybridized carbons (Fsp3) is 0.680. The number of hydrogen-bond acceptors (Lipinski definition) is 6. The molecule has 0 radical (unpaired) electrons. The molecule has 2 heterocycles. The third-order valence-electron chi connectivity index (χ3n) is 6.26. The van der Waals surface area contributed by atoms with Gasteiger partial charge in [-0.15, -0.1) is 0 Å². The van der Waals surface area contributed by atoms with Crippen molar-refractivity contribution in [2.45, 2.75) is 52.1 Å². The molecule has 8 nitrogen and oxygen atoms in total. The van der Waals surface area contributed by atoms with Crippen molar-refractivity contribution in [1.29, 1.82) is 0 Å². The zero-order chi connectivity index (χ0) is 24.6. The van der Waals surface area contributed by atoms with Crippen LogP contribution in [0.15, 0.2) is 18.2 Å². The van der Waals surface area contributed by atoms with Crippen molar-refractivity contribution < 1.29 is 28.2 Å². The van der Waals surface area contributed by atoms with Crippen LogP contribution in [-0.4, -0.2) is 75.0 Å². The molecule has 1 saturated heterocycles. The van der Waals surface area contributed by atoms with Gasteiger partial charge in [0.1, 0.15) is 23.8 Å². The van der Waals surface area contributed by atoms with E-state index in [0.717, 1.165) is 38.8 Å². The number of amides is 2. The molecule has 2 amide bonds. The van der Waals surface area contributed by atoms with E-state index in [1.54, 1.807) is 4.90 Å². The van der Waals surface area contributed by atoms with Crippen molar-refractivity contribution in [3.05, 3.63) is 29.6 Å². The Bertz CT molecular complexity index is 834. The maximum Gasteiger partial charge on any atom is 0.410 e. The predicted molar refractivity (Wildman–Crippen MR) is 127 cm³/mol. The number of fused-ring (bicyclic) bond motifs is 1. The van der Waals surface area contributed by atoms with Gasteiger partial charge in [-0.25, -0.2) is 9.18 Å². The van der Waals surface area contributed by atoms with Gasteiger partial charge in [0.05, 0.1) is 18.8 Å². The third kappa shape index (κ3) is 7.84. The van der Waals surface area contributed by atoms with Crippen LogP contribution in [-0.2, 0) is 9.47 Å². The van der Waals surface area contributed by atoms with Crippen molar-refractivity contribution in [2.24, 2.45) is 5.41 Å². The Hall–Kier alpha value is -2.39. The number of ether oxygens (including phenoxy) is 3. The molecule has 0 saturated carbocycles. The van der Waals surface area contributed by atoms with Crippen LogP contribution in [0.3, 0.4) is 0 Å². The fourth-order valence-electron chi connectivity index (χ4n) is 4.34. The van der Waals surface area contributed by atoms with Crippen molar-refractivity contribution >= 4 is 12.0 Å². The second-order valence-electron chi connectivity index (χ2n) is 10.1. The van der Waals surface area contributed by atoms with E-state index in [2.05, 4.69) is 10.6 Å². The highest BCUT2D eigenvalue weighted by Gasteiger charge is 2.37.